The second-order valence-electron chi connectivity index (χ2n) is 6.81. The van der Waals surface area contributed by atoms with Crippen molar-refractivity contribution in [3.8, 4) is 0 Å². The first kappa shape index (κ1) is 19.4. The Bertz CT molecular complexity index is 1170. The van der Waals surface area contributed by atoms with Crippen LogP contribution in [0, 0.1) is 13.8 Å². The Morgan fingerprint density at radius 1 is 1.17 bits per heavy atom. The summed E-state index contributed by atoms with van der Waals surface area (Å²) in [6, 6.07) is 10.6. The van der Waals surface area contributed by atoms with Crippen LogP contribution in [0.4, 0.5) is 5.69 Å². The van der Waals surface area contributed by atoms with Gasteiger partial charge in [0, 0.05) is 29.4 Å². The number of nitrogens with zero attached hydrogens (tertiary/aromatic N) is 3. The van der Waals surface area contributed by atoms with Crippen molar-refractivity contribution < 1.29 is 9.59 Å². The molecule has 0 unspecified atom stereocenters. The molecule has 148 valence electrons. The molecule has 0 atom stereocenters. The van der Waals surface area contributed by atoms with Gasteiger partial charge in [-0.3, -0.25) is 14.0 Å². The van der Waals surface area contributed by atoms with Crippen LogP contribution in [-0.4, -0.2) is 33.1 Å². The molecule has 0 aliphatic heterocycles. The van der Waals surface area contributed by atoms with Crippen molar-refractivity contribution in [1.82, 2.24) is 14.3 Å². The summed E-state index contributed by atoms with van der Waals surface area (Å²) < 4.78 is 2.06. The van der Waals surface area contributed by atoms with Gasteiger partial charge in [0.2, 0.25) is 0 Å². The Morgan fingerprint density at radius 3 is 2.62 bits per heavy atom. The summed E-state index contributed by atoms with van der Waals surface area (Å²) in [6.07, 6.45) is 2.05. The molecular weight excluding hydrogens is 404 g/mol. The normalized spacial score (nSPS) is 11.0. The quantitative estimate of drug-likeness (QED) is 0.509. The first-order valence-electron chi connectivity index (χ1n) is 9.06. The van der Waals surface area contributed by atoms with Crippen LogP contribution < -0.4 is 5.32 Å². The highest BCUT2D eigenvalue weighted by Crippen LogP contribution is 2.22. The van der Waals surface area contributed by atoms with Crippen LogP contribution in [0.5, 0.6) is 0 Å². The molecule has 0 saturated heterocycles. The molecular formula is C21H20N4O2S2. The molecule has 8 heteroatoms. The molecule has 3 aromatic heterocycles. The van der Waals surface area contributed by atoms with Crippen LogP contribution >= 0.6 is 22.7 Å². The van der Waals surface area contributed by atoms with E-state index < -0.39 is 0 Å². The topological polar surface area (TPSA) is 66.7 Å². The van der Waals surface area contributed by atoms with Crippen LogP contribution in [0.2, 0.25) is 0 Å². The molecule has 4 aromatic rings. The van der Waals surface area contributed by atoms with E-state index in [9.17, 15) is 9.59 Å². The lowest BCUT2D eigenvalue weighted by Gasteiger charge is -2.17. The third-order valence-corrected chi connectivity index (χ3v) is 6.38. The maximum absolute atomic E-state index is 12.9. The maximum Gasteiger partial charge on any atom is 0.265 e. The van der Waals surface area contributed by atoms with Crippen LogP contribution in [0.3, 0.4) is 0 Å². The highest BCUT2D eigenvalue weighted by molar-refractivity contribution is 7.17. The van der Waals surface area contributed by atoms with Crippen molar-refractivity contribution in [3.05, 3.63) is 74.7 Å². The molecule has 6 nitrogen and oxygen atoms in total. The average Bonchev–Trinajstić information content (AvgIpc) is 3.41. The molecule has 0 radical (unpaired) electrons. The van der Waals surface area contributed by atoms with Gasteiger partial charge < -0.3 is 10.2 Å². The first-order valence-corrected chi connectivity index (χ1v) is 10.8. The summed E-state index contributed by atoms with van der Waals surface area (Å²) in [4.78, 5) is 34.0. The second kappa shape index (κ2) is 7.81. The van der Waals surface area contributed by atoms with Gasteiger partial charge in [-0.15, -0.1) is 22.7 Å². The van der Waals surface area contributed by atoms with E-state index in [1.54, 1.807) is 53.6 Å². The fourth-order valence-corrected chi connectivity index (χ4v) is 4.62. The van der Waals surface area contributed by atoms with Crippen molar-refractivity contribution in [2.24, 2.45) is 0 Å². The van der Waals surface area contributed by atoms with Crippen LogP contribution in [-0.2, 0) is 6.54 Å². The van der Waals surface area contributed by atoms with Crippen molar-refractivity contribution in [3.63, 3.8) is 0 Å². The van der Waals surface area contributed by atoms with Gasteiger partial charge in [-0.2, -0.15) is 0 Å². The van der Waals surface area contributed by atoms with E-state index in [-0.39, 0.29) is 11.8 Å². The first-order chi connectivity index (χ1) is 13.9. The highest BCUT2D eigenvalue weighted by atomic mass is 32.1. The number of benzene rings is 1. The van der Waals surface area contributed by atoms with Gasteiger partial charge >= 0.3 is 0 Å². The number of thiazole rings is 1. The van der Waals surface area contributed by atoms with Gasteiger partial charge in [0.1, 0.15) is 0 Å². The van der Waals surface area contributed by atoms with Gasteiger partial charge in [0.25, 0.3) is 11.8 Å². The minimum absolute atomic E-state index is 0.0811. The fourth-order valence-electron chi connectivity index (χ4n) is 3.11. The van der Waals surface area contributed by atoms with Crippen molar-refractivity contribution in [2.45, 2.75) is 20.4 Å². The Morgan fingerprint density at radius 2 is 1.93 bits per heavy atom. The third kappa shape index (κ3) is 3.94. The molecule has 29 heavy (non-hydrogen) atoms. The van der Waals surface area contributed by atoms with Crippen molar-refractivity contribution in [2.75, 3.05) is 12.4 Å². The number of aromatic nitrogens is 2. The van der Waals surface area contributed by atoms with Crippen molar-refractivity contribution in [1.29, 1.82) is 0 Å². The Kier molecular flexibility index (Phi) is 5.21. The van der Waals surface area contributed by atoms with E-state index in [4.69, 9.17) is 0 Å². The molecule has 1 N–H and O–H groups in total. The maximum atomic E-state index is 12.9. The van der Waals surface area contributed by atoms with E-state index in [2.05, 4.69) is 20.9 Å². The zero-order valence-corrected chi connectivity index (χ0v) is 17.9. The lowest BCUT2D eigenvalue weighted by Crippen LogP contribution is -2.27. The molecule has 0 aliphatic rings. The number of thiophene rings is 1. The number of fused-ring (bicyclic) bond motifs is 1. The molecule has 0 saturated carbocycles. The summed E-state index contributed by atoms with van der Waals surface area (Å²) >= 11 is 3.03. The monoisotopic (exact) mass is 424 g/mol. The van der Waals surface area contributed by atoms with Crippen LogP contribution in [0.1, 0.15) is 36.3 Å². The van der Waals surface area contributed by atoms with Gasteiger partial charge in [0.15, 0.2) is 4.96 Å². The largest absolute Gasteiger partial charge is 0.336 e. The van der Waals surface area contributed by atoms with Crippen molar-refractivity contribution >= 4 is 45.1 Å². The molecule has 0 bridgehead atoms. The SMILES string of the molecule is Cc1cn2c(CN(C)C(=O)c3ccc(NC(=O)c4cccs4)cc3)c(C)nc2s1. The Labute approximate surface area is 176 Å². The van der Waals surface area contributed by atoms with E-state index >= 15 is 0 Å². The summed E-state index contributed by atoms with van der Waals surface area (Å²) in [5.41, 5.74) is 3.17. The number of hydrogen-bond acceptors (Lipinski definition) is 5. The number of amides is 2. The molecule has 3 heterocycles. The molecule has 4 rings (SSSR count). The minimum Gasteiger partial charge on any atom is -0.336 e. The number of hydrogen-bond donors (Lipinski definition) is 1. The Balaban J connectivity index is 1.46. The smallest absolute Gasteiger partial charge is 0.265 e. The second-order valence-corrected chi connectivity index (χ2v) is 8.97. The summed E-state index contributed by atoms with van der Waals surface area (Å²) in [6.45, 7) is 4.48. The number of imidazole rings is 1. The summed E-state index contributed by atoms with van der Waals surface area (Å²) in [5, 5.41) is 4.70. The van der Waals surface area contributed by atoms with E-state index in [1.807, 2.05) is 25.3 Å². The highest BCUT2D eigenvalue weighted by Gasteiger charge is 2.17. The minimum atomic E-state index is -0.150. The van der Waals surface area contributed by atoms with Gasteiger partial charge in [-0.05, 0) is 49.6 Å². The Hall–Kier alpha value is -2.97. The number of rotatable bonds is 5. The lowest BCUT2D eigenvalue weighted by atomic mass is 10.1. The number of carbonyl (C=O) groups excluding carboxylic acids is 2. The third-order valence-electron chi connectivity index (χ3n) is 4.61. The molecule has 0 fully saturated rings. The molecule has 2 amide bonds. The van der Waals surface area contributed by atoms with E-state index in [0.717, 1.165) is 16.3 Å². The average molecular weight is 425 g/mol. The number of nitrogens with one attached hydrogen (secondary N) is 1. The van der Waals surface area contributed by atoms with Crippen LogP contribution in [0.25, 0.3) is 4.96 Å². The molecule has 0 aliphatic carbocycles. The van der Waals surface area contributed by atoms with E-state index in [0.29, 0.717) is 22.7 Å². The standard InChI is InChI=1S/C21H20N4O2S2/c1-13-11-25-17(14(2)22-21(25)29-13)12-24(3)20(27)15-6-8-16(9-7-15)23-19(26)18-5-4-10-28-18/h4-11H,12H2,1-3H3,(H,23,26). The zero-order valence-electron chi connectivity index (χ0n) is 16.3. The molecule has 1 aromatic carbocycles. The number of aryl methyl sites for hydroxylation is 2. The zero-order chi connectivity index (χ0) is 20.5. The van der Waals surface area contributed by atoms with Gasteiger partial charge in [-0.25, -0.2) is 4.98 Å². The number of anilines is 1. The predicted octanol–water partition coefficient (Wildman–Crippen LogP) is 4.60. The van der Waals surface area contributed by atoms with Gasteiger partial charge in [-0.1, -0.05) is 6.07 Å². The van der Waals surface area contributed by atoms with Gasteiger partial charge in [0.05, 0.1) is 22.8 Å². The van der Waals surface area contributed by atoms with Crippen LogP contribution in [0.15, 0.2) is 48.0 Å². The summed E-state index contributed by atoms with van der Waals surface area (Å²) in [5.74, 6) is -0.232. The van der Waals surface area contributed by atoms with E-state index in [1.165, 1.54) is 16.2 Å². The summed E-state index contributed by atoms with van der Waals surface area (Å²) in [7, 11) is 1.78. The molecule has 0 spiro atoms. The fraction of sp³-hybridized carbons (Fsp3) is 0.190. The predicted molar refractivity (Wildman–Crippen MR) is 117 cm³/mol. The number of carbonyl (C=O) groups is 2. The lowest BCUT2D eigenvalue weighted by molar-refractivity contribution is 0.0783.